The van der Waals surface area contributed by atoms with Gasteiger partial charge in [0.1, 0.15) is 0 Å². The van der Waals surface area contributed by atoms with E-state index in [2.05, 4.69) is 4.98 Å². The van der Waals surface area contributed by atoms with Crippen LogP contribution in [0.3, 0.4) is 0 Å². The van der Waals surface area contributed by atoms with Crippen molar-refractivity contribution in [3.8, 4) is 5.69 Å². The second kappa shape index (κ2) is 6.22. The molecule has 0 aliphatic carbocycles. The number of aryl methyl sites for hydroxylation is 1. The first kappa shape index (κ1) is 14.0. The first-order valence-corrected chi connectivity index (χ1v) is 7.10. The molecule has 3 aromatic rings. The zero-order chi connectivity index (χ0) is 15.4. The van der Waals surface area contributed by atoms with Crippen molar-refractivity contribution in [3.63, 3.8) is 0 Å². The molecule has 0 aliphatic rings. The number of benzene rings is 2. The Morgan fingerprint density at radius 1 is 1.09 bits per heavy atom. The molecule has 0 N–H and O–H groups in total. The Labute approximate surface area is 129 Å². The summed E-state index contributed by atoms with van der Waals surface area (Å²) < 4.78 is 1.90. The lowest BCUT2D eigenvalue weighted by Crippen LogP contribution is -1.96. The second-order valence-electron chi connectivity index (χ2n) is 5.07. The Hall–Kier alpha value is -2.94. The molecule has 0 atom stereocenters. The fourth-order valence-electron chi connectivity index (χ4n) is 2.25. The highest BCUT2D eigenvalue weighted by Crippen LogP contribution is 2.12. The maximum atomic E-state index is 12.2. The van der Waals surface area contributed by atoms with Gasteiger partial charge in [0.05, 0.1) is 6.33 Å². The van der Waals surface area contributed by atoms with Crippen LogP contribution in [0.15, 0.2) is 73.3 Å². The Balaban J connectivity index is 1.77. The summed E-state index contributed by atoms with van der Waals surface area (Å²) in [5.74, 6) is 0.000402. The summed E-state index contributed by atoms with van der Waals surface area (Å²) >= 11 is 0. The van der Waals surface area contributed by atoms with E-state index in [-0.39, 0.29) is 5.78 Å². The van der Waals surface area contributed by atoms with Crippen LogP contribution in [-0.4, -0.2) is 15.3 Å². The maximum Gasteiger partial charge on any atom is 0.185 e. The number of carbonyl (C=O) groups is 1. The zero-order valence-corrected chi connectivity index (χ0v) is 12.3. The SMILES string of the molecule is Cc1ccccc1/C=C/C(=O)c1ccc(-n2ccnc2)cc1. The summed E-state index contributed by atoms with van der Waals surface area (Å²) in [5.41, 5.74) is 3.87. The normalized spacial score (nSPS) is 11.0. The van der Waals surface area contributed by atoms with Crippen LogP contribution < -0.4 is 0 Å². The molecule has 0 radical (unpaired) electrons. The summed E-state index contributed by atoms with van der Waals surface area (Å²) in [6.45, 7) is 2.03. The monoisotopic (exact) mass is 288 g/mol. The third kappa shape index (κ3) is 3.04. The van der Waals surface area contributed by atoms with Crippen molar-refractivity contribution in [1.29, 1.82) is 0 Å². The Morgan fingerprint density at radius 3 is 2.55 bits per heavy atom. The average molecular weight is 288 g/mol. The smallest absolute Gasteiger partial charge is 0.185 e. The molecule has 0 fully saturated rings. The van der Waals surface area contributed by atoms with E-state index in [1.54, 1.807) is 18.6 Å². The fraction of sp³-hybridized carbons (Fsp3) is 0.0526. The van der Waals surface area contributed by atoms with Crippen molar-refractivity contribution in [3.05, 3.63) is 90.0 Å². The van der Waals surface area contributed by atoms with Gasteiger partial charge in [-0.15, -0.1) is 0 Å². The van der Waals surface area contributed by atoms with Gasteiger partial charge in [-0.25, -0.2) is 4.98 Å². The van der Waals surface area contributed by atoms with Crippen molar-refractivity contribution in [2.24, 2.45) is 0 Å². The van der Waals surface area contributed by atoms with Gasteiger partial charge in [-0.2, -0.15) is 0 Å². The zero-order valence-electron chi connectivity index (χ0n) is 12.3. The molecule has 0 amide bonds. The van der Waals surface area contributed by atoms with Crippen LogP contribution in [0.25, 0.3) is 11.8 Å². The summed E-state index contributed by atoms with van der Waals surface area (Å²) in [4.78, 5) is 16.2. The molecule has 1 heterocycles. The van der Waals surface area contributed by atoms with Gasteiger partial charge in [0.25, 0.3) is 0 Å². The highest BCUT2D eigenvalue weighted by Gasteiger charge is 2.03. The highest BCUT2D eigenvalue weighted by atomic mass is 16.1. The number of nitrogens with zero attached hydrogens (tertiary/aromatic N) is 2. The van der Waals surface area contributed by atoms with Gasteiger partial charge in [0, 0.05) is 23.6 Å². The summed E-state index contributed by atoms with van der Waals surface area (Å²) in [6.07, 6.45) is 8.81. The molecule has 3 rings (SSSR count). The van der Waals surface area contributed by atoms with Crippen molar-refractivity contribution < 1.29 is 4.79 Å². The van der Waals surface area contributed by atoms with Crippen LogP contribution in [0.2, 0.25) is 0 Å². The van der Waals surface area contributed by atoms with E-state index in [0.29, 0.717) is 5.56 Å². The standard InChI is InChI=1S/C19H16N2O/c1-15-4-2-3-5-16(15)8-11-19(22)17-6-9-18(10-7-17)21-13-12-20-14-21/h2-14H,1H3/b11-8+. The summed E-state index contributed by atoms with van der Waals surface area (Å²) in [7, 11) is 0. The molecule has 3 heteroatoms. The molecule has 22 heavy (non-hydrogen) atoms. The number of ketones is 1. The van der Waals surface area contributed by atoms with Gasteiger partial charge >= 0.3 is 0 Å². The van der Waals surface area contributed by atoms with Gasteiger partial charge in [-0.05, 0) is 48.4 Å². The van der Waals surface area contributed by atoms with Gasteiger partial charge in [0.15, 0.2) is 5.78 Å². The molecule has 0 unspecified atom stereocenters. The van der Waals surface area contributed by atoms with Crippen LogP contribution >= 0.6 is 0 Å². The van der Waals surface area contributed by atoms with Crippen molar-refractivity contribution in [1.82, 2.24) is 9.55 Å². The van der Waals surface area contributed by atoms with Crippen molar-refractivity contribution >= 4 is 11.9 Å². The summed E-state index contributed by atoms with van der Waals surface area (Å²) in [5, 5.41) is 0. The van der Waals surface area contributed by atoms with E-state index in [1.165, 1.54) is 0 Å². The lowest BCUT2D eigenvalue weighted by Gasteiger charge is -2.03. The van der Waals surface area contributed by atoms with Crippen LogP contribution in [0.5, 0.6) is 0 Å². The number of hydrogen-bond acceptors (Lipinski definition) is 2. The number of aromatic nitrogens is 2. The van der Waals surface area contributed by atoms with E-state index in [0.717, 1.165) is 16.8 Å². The van der Waals surface area contributed by atoms with Gasteiger partial charge in [-0.1, -0.05) is 30.3 Å². The largest absolute Gasteiger partial charge is 0.306 e. The lowest BCUT2D eigenvalue weighted by atomic mass is 10.1. The van der Waals surface area contributed by atoms with Gasteiger partial charge in [-0.3, -0.25) is 4.79 Å². The molecule has 0 saturated carbocycles. The minimum atomic E-state index is 0.000402. The van der Waals surface area contributed by atoms with Crippen LogP contribution in [0.1, 0.15) is 21.5 Å². The van der Waals surface area contributed by atoms with E-state index >= 15 is 0 Å². The predicted octanol–water partition coefficient (Wildman–Crippen LogP) is 4.08. The molecule has 0 spiro atoms. The molecular formula is C19H16N2O. The van der Waals surface area contributed by atoms with E-state index in [9.17, 15) is 4.79 Å². The van der Waals surface area contributed by atoms with Crippen molar-refractivity contribution in [2.75, 3.05) is 0 Å². The van der Waals surface area contributed by atoms with Crippen LogP contribution in [0, 0.1) is 6.92 Å². The number of rotatable bonds is 4. The third-order valence-corrected chi connectivity index (χ3v) is 3.56. The Bertz CT molecular complexity index is 800. The second-order valence-corrected chi connectivity index (χ2v) is 5.07. The topological polar surface area (TPSA) is 34.9 Å². The Morgan fingerprint density at radius 2 is 1.86 bits per heavy atom. The molecule has 2 aromatic carbocycles. The van der Waals surface area contributed by atoms with E-state index < -0.39 is 0 Å². The predicted molar refractivity (Wildman–Crippen MR) is 88.1 cm³/mol. The molecule has 108 valence electrons. The molecule has 1 aromatic heterocycles. The number of carbonyl (C=O) groups excluding carboxylic acids is 1. The average Bonchev–Trinajstić information content (AvgIpc) is 3.08. The van der Waals surface area contributed by atoms with Gasteiger partial charge < -0.3 is 4.57 Å². The number of allylic oxidation sites excluding steroid dienone is 1. The van der Waals surface area contributed by atoms with Crippen LogP contribution in [-0.2, 0) is 0 Å². The fourth-order valence-corrected chi connectivity index (χ4v) is 2.25. The molecule has 0 bridgehead atoms. The van der Waals surface area contributed by atoms with Crippen LogP contribution in [0.4, 0.5) is 0 Å². The molecular weight excluding hydrogens is 272 g/mol. The van der Waals surface area contributed by atoms with E-state index in [1.807, 2.05) is 72.3 Å². The first-order valence-electron chi connectivity index (χ1n) is 7.10. The quantitative estimate of drug-likeness (QED) is 0.535. The molecule has 3 nitrogen and oxygen atoms in total. The maximum absolute atomic E-state index is 12.2. The molecule has 0 aliphatic heterocycles. The highest BCUT2D eigenvalue weighted by molar-refractivity contribution is 6.06. The summed E-state index contributed by atoms with van der Waals surface area (Å²) in [6, 6.07) is 15.5. The minimum absolute atomic E-state index is 0.000402. The van der Waals surface area contributed by atoms with E-state index in [4.69, 9.17) is 0 Å². The number of hydrogen-bond donors (Lipinski definition) is 0. The van der Waals surface area contributed by atoms with Crippen molar-refractivity contribution in [2.45, 2.75) is 6.92 Å². The van der Waals surface area contributed by atoms with Gasteiger partial charge in [0.2, 0.25) is 0 Å². The third-order valence-electron chi connectivity index (χ3n) is 3.56. The molecule has 0 saturated heterocycles. The first-order chi connectivity index (χ1) is 10.7. The lowest BCUT2D eigenvalue weighted by molar-refractivity contribution is 0.104. The minimum Gasteiger partial charge on any atom is -0.306 e. The number of imidazole rings is 1. The Kier molecular flexibility index (Phi) is 3.97.